The second-order valence-electron chi connectivity index (χ2n) is 3.77. The molecule has 1 aromatic heterocycles. The molecule has 4 N–H and O–H groups in total. The largest absolute Gasteiger partial charge is 0.480 e. The standard InChI is InChI=1S/C11H14N2O4S/c12-9(14)2-1-8(11(16)17)13-10(15)5-7-3-4-18-6-7/h3-4,6,8H,1-2,5H2,(H2,12,14)(H,13,15)(H,16,17)/t8-/m0/s1. The molecule has 0 unspecified atom stereocenters. The van der Waals surface area contributed by atoms with Gasteiger partial charge in [0, 0.05) is 6.42 Å². The van der Waals surface area contributed by atoms with Gasteiger partial charge in [-0.3, -0.25) is 9.59 Å². The summed E-state index contributed by atoms with van der Waals surface area (Å²) in [5.74, 6) is -2.14. The van der Waals surface area contributed by atoms with Gasteiger partial charge in [0.15, 0.2) is 0 Å². The monoisotopic (exact) mass is 270 g/mol. The van der Waals surface area contributed by atoms with Gasteiger partial charge in [-0.15, -0.1) is 0 Å². The molecule has 1 rings (SSSR count). The summed E-state index contributed by atoms with van der Waals surface area (Å²) in [7, 11) is 0. The van der Waals surface area contributed by atoms with Gasteiger partial charge in [-0.25, -0.2) is 4.79 Å². The molecule has 1 aromatic rings. The van der Waals surface area contributed by atoms with E-state index in [1.54, 1.807) is 6.07 Å². The normalized spacial score (nSPS) is 11.8. The van der Waals surface area contributed by atoms with Crippen molar-refractivity contribution in [3.63, 3.8) is 0 Å². The van der Waals surface area contributed by atoms with Gasteiger partial charge in [0.2, 0.25) is 11.8 Å². The maximum Gasteiger partial charge on any atom is 0.326 e. The van der Waals surface area contributed by atoms with Crippen molar-refractivity contribution in [2.24, 2.45) is 5.73 Å². The zero-order valence-corrected chi connectivity index (χ0v) is 10.4. The number of hydrogen-bond donors (Lipinski definition) is 3. The van der Waals surface area contributed by atoms with Crippen LogP contribution in [0.2, 0.25) is 0 Å². The van der Waals surface area contributed by atoms with Gasteiger partial charge in [0.1, 0.15) is 6.04 Å². The topological polar surface area (TPSA) is 109 Å². The van der Waals surface area contributed by atoms with Crippen LogP contribution in [-0.4, -0.2) is 28.9 Å². The summed E-state index contributed by atoms with van der Waals surface area (Å²) >= 11 is 1.46. The van der Waals surface area contributed by atoms with Crippen LogP contribution in [0.15, 0.2) is 16.8 Å². The summed E-state index contributed by atoms with van der Waals surface area (Å²) in [6.45, 7) is 0. The van der Waals surface area contributed by atoms with Crippen LogP contribution in [0.4, 0.5) is 0 Å². The number of rotatable bonds is 7. The number of nitrogens with one attached hydrogen (secondary N) is 1. The van der Waals surface area contributed by atoms with Crippen LogP contribution in [0.25, 0.3) is 0 Å². The van der Waals surface area contributed by atoms with Gasteiger partial charge in [-0.1, -0.05) is 0 Å². The van der Waals surface area contributed by atoms with Gasteiger partial charge in [-0.2, -0.15) is 11.3 Å². The maximum absolute atomic E-state index is 11.6. The summed E-state index contributed by atoms with van der Waals surface area (Å²) in [5.41, 5.74) is 5.77. The van der Waals surface area contributed by atoms with E-state index in [1.165, 1.54) is 11.3 Å². The average Bonchev–Trinajstić information content (AvgIpc) is 2.76. The average molecular weight is 270 g/mol. The molecule has 2 amide bonds. The highest BCUT2D eigenvalue weighted by molar-refractivity contribution is 7.07. The number of carboxylic acids is 1. The van der Waals surface area contributed by atoms with Crippen molar-refractivity contribution in [3.05, 3.63) is 22.4 Å². The van der Waals surface area contributed by atoms with E-state index >= 15 is 0 Å². The lowest BCUT2D eigenvalue weighted by molar-refractivity contribution is -0.142. The first kappa shape index (κ1) is 14.2. The lowest BCUT2D eigenvalue weighted by atomic mass is 10.1. The molecule has 98 valence electrons. The van der Waals surface area contributed by atoms with Crippen molar-refractivity contribution in [3.8, 4) is 0 Å². The minimum atomic E-state index is -1.17. The molecule has 0 saturated heterocycles. The SMILES string of the molecule is NC(=O)CC[C@H](NC(=O)Cc1ccsc1)C(=O)O. The Labute approximate surface area is 108 Å². The summed E-state index contributed by atoms with van der Waals surface area (Å²) in [6, 6.07) is 0.715. The van der Waals surface area contributed by atoms with Crippen molar-refractivity contribution in [1.82, 2.24) is 5.32 Å². The highest BCUT2D eigenvalue weighted by Crippen LogP contribution is 2.07. The third-order valence-corrected chi connectivity index (χ3v) is 2.99. The Morgan fingerprint density at radius 1 is 1.44 bits per heavy atom. The molecule has 0 spiro atoms. The van der Waals surface area contributed by atoms with E-state index in [2.05, 4.69) is 5.32 Å². The number of thiophene rings is 1. The molecule has 0 radical (unpaired) electrons. The van der Waals surface area contributed by atoms with Crippen molar-refractivity contribution in [1.29, 1.82) is 0 Å². The highest BCUT2D eigenvalue weighted by atomic mass is 32.1. The molecule has 0 aromatic carbocycles. The molecular weight excluding hydrogens is 256 g/mol. The second kappa shape index (κ2) is 6.75. The first-order chi connectivity index (χ1) is 8.49. The van der Waals surface area contributed by atoms with Crippen molar-refractivity contribution in [2.75, 3.05) is 0 Å². The smallest absolute Gasteiger partial charge is 0.326 e. The van der Waals surface area contributed by atoms with Crippen molar-refractivity contribution < 1.29 is 19.5 Å². The minimum absolute atomic E-state index is 0.0000432. The minimum Gasteiger partial charge on any atom is -0.480 e. The highest BCUT2D eigenvalue weighted by Gasteiger charge is 2.20. The van der Waals surface area contributed by atoms with E-state index in [1.807, 2.05) is 10.8 Å². The Hall–Kier alpha value is -1.89. The molecule has 6 nitrogen and oxygen atoms in total. The summed E-state index contributed by atoms with van der Waals surface area (Å²) in [5, 5.41) is 14.9. The lowest BCUT2D eigenvalue weighted by Gasteiger charge is -2.13. The van der Waals surface area contributed by atoms with Crippen LogP contribution < -0.4 is 11.1 Å². The number of primary amides is 1. The van der Waals surface area contributed by atoms with E-state index in [-0.39, 0.29) is 25.2 Å². The summed E-state index contributed by atoms with van der Waals surface area (Å²) < 4.78 is 0. The van der Waals surface area contributed by atoms with E-state index < -0.39 is 17.9 Å². The van der Waals surface area contributed by atoms with Gasteiger partial charge in [0.05, 0.1) is 6.42 Å². The third-order valence-electron chi connectivity index (χ3n) is 2.26. The fraction of sp³-hybridized carbons (Fsp3) is 0.364. The van der Waals surface area contributed by atoms with Crippen LogP contribution in [0.1, 0.15) is 18.4 Å². The maximum atomic E-state index is 11.6. The van der Waals surface area contributed by atoms with Crippen LogP contribution in [-0.2, 0) is 20.8 Å². The number of nitrogens with two attached hydrogens (primary N) is 1. The van der Waals surface area contributed by atoms with Gasteiger partial charge < -0.3 is 16.2 Å². The van der Waals surface area contributed by atoms with E-state index in [0.29, 0.717) is 0 Å². The van der Waals surface area contributed by atoms with E-state index in [0.717, 1.165) is 5.56 Å². The number of hydrogen-bond acceptors (Lipinski definition) is 4. The zero-order valence-electron chi connectivity index (χ0n) is 9.59. The fourth-order valence-corrected chi connectivity index (χ4v) is 2.04. The molecular formula is C11H14N2O4S. The Balaban J connectivity index is 2.47. The second-order valence-corrected chi connectivity index (χ2v) is 4.55. The first-order valence-corrected chi connectivity index (χ1v) is 6.25. The number of aliphatic carboxylic acids is 1. The van der Waals surface area contributed by atoms with Gasteiger partial charge in [-0.05, 0) is 28.8 Å². The molecule has 0 aliphatic carbocycles. The predicted molar refractivity (Wildman–Crippen MR) is 66.0 cm³/mol. The number of carbonyl (C=O) groups excluding carboxylic acids is 2. The number of carboxylic acid groups (broad SMARTS) is 1. The Kier molecular flexibility index (Phi) is 5.31. The molecule has 7 heteroatoms. The molecule has 1 heterocycles. The predicted octanol–water partition coefficient (Wildman–Crippen LogP) is 0.125. The quantitative estimate of drug-likeness (QED) is 0.654. The van der Waals surface area contributed by atoms with Crippen LogP contribution >= 0.6 is 11.3 Å². The van der Waals surface area contributed by atoms with E-state index in [4.69, 9.17) is 10.8 Å². The van der Waals surface area contributed by atoms with Gasteiger partial charge >= 0.3 is 5.97 Å². The van der Waals surface area contributed by atoms with Crippen LogP contribution in [0, 0.1) is 0 Å². The lowest BCUT2D eigenvalue weighted by Crippen LogP contribution is -2.42. The summed E-state index contributed by atoms with van der Waals surface area (Å²) in [6.07, 6.45) is 0.0552. The summed E-state index contributed by atoms with van der Waals surface area (Å²) in [4.78, 5) is 33.1. The molecule has 0 aliphatic heterocycles. The molecule has 18 heavy (non-hydrogen) atoms. The van der Waals surface area contributed by atoms with Gasteiger partial charge in [0.25, 0.3) is 0 Å². The van der Waals surface area contributed by atoms with Crippen LogP contribution in [0.5, 0.6) is 0 Å². The Bertz CT molecular complexity index is 430. The van der Waals surface area contributed by atoms with E-state index in [9.17, 15) is 14.4 Å². The molecule has 0 fully saturated rings. The first-order valence-electron chi connectivity index (χ1n) is 5.30. The molecule has 1 atom stereocenters. The number of carbonyl (C=O) groups is 3. The molecule has 0 aliphatic rings. The zero-order chi connectivity index (χ0) is 13.5. The van der Waals surface area contributed by atoms with Crippen LogP contribution in [0.3, 0.4) is 0 Å². The fourth-order valence-electron chi connectivity index (χ4n) is 1.37. The molecule has 0 bridgehead atoms. The Morgan fingerprint density at radius 2 is 2.17 bits per heavy atom. The van der Waals surface area contributed by atoms with Crippen molar-refractivity contribution >= 4 is 29.1 Å². The third kappa shape index (κ3) is 4.96. The number of amides is 2. The van der Waals surface area contributed by atoms with Crippen molar-refractivity contribution in [2.45, 2.75) is 25.3 Å². The molecule has 0 saturated carbocycles. The Morgan fingerprint density at radius 3 is 2.67 bits per heavy atom.